The molecule has 1 aromatic heterocycles. The molecule has 0 radical (unpaired) electrons. The van der Waals surface area contributed by atoms with E-state index in [1.54, 1.807) is 37.3 Å². The number of benzene rings is 3. The van der Waals surface area contributed by atoms with E-state index >= 15 is 0 Å². The maximum Gasteiger partial charge on any atom is 0.250 e. The molecule has 172 valence electrons. The first-order valence-electron chi connectivity index (χ1n) is 10.1. The van der Waals surface area contributed by atoms with Gasteiger partial charge in [0.25, 0.3) is 5.91 Å². The molecule has 10 heteroatoms. The maximum absolute atomic E-state index is 12.5. The van der Waals surface area contributed by atoms with E-state index in [9.17, 15) is 4.79 Å². The number of hydrazone groups is 1. The second-order valence-electron chi connectivity index (χ2n) is 7.13. The van der Waals surface area contributed by atoms with Crippen LogP contribution >= 0.6 is 46.6 Å². The molecule has 34 heavy (non-hydrogen) atoms. The van der Waals surface area contributed by atoms with Gasteiger partial charge in [-0.15, -0.1) is 10.2 Å². The molecule has 0 atom stereocenters. The van der Waals surface area contributed by atoms with Crippen molar-refractivity contribution < 1.29 is 4.79 Å². The van der Waals surface area contributed by atoms with E-state index in [2.05, 4.69) is 20.7 Å². The van der Waals surface area contributed by atoms with Gasteiger partial charge in [0.2, 0.25) is 0 Å². The lowest BCUT2D eigenvalue weighted by atomic mass is 10.1. The number of nitrogens with one attached hydrogen (secondary N) is 1. The van der Waals surface area contributed by atoms with Gasteiger partial charge in [-0.1, -0.05) is 70.8 Å². The minimum absolute atomic E-state index is 0.101. The molecule has 0 aliphatic carbocycles. The van der Waals surface area contributed by atoms with Crippen LogP contribution in [0.1, 0.15) is 12.5 Å². The highest BCUT2D eigenvalue weighted by Crippen LogP contribution is 2.28. The molecule has 0 spiro atoms. The van der Waals surface area contributed by atoms with Gasteiger partial charge in [-0.05, 0) is 61.0 Å². The van der Waals surface area contributed by atoms with Gasteiger partial charge in [-0.25, -0.2) is 5.43 Å². The van der Waals surface area contributed by atoms with E-state index < -0.39 is 0 Å². The first-order chi connectivity index (χ1) is 16.4. The second kappa shape index (κ2) is 11.1. The summed E-state index contributed by atoms with van der Waals surface area (Å²) in [6, 6.07) is 22.3. The Morgan fingerprint density at radius 3 is 2.41 bits per heavy atom. The number of rotatable bonds is 7. The number of hydrogen-bond acceptors (Lipinski definition) is 5. The van der Waals surface area contributed by atoms with Crippen molar-refractivity contribution in [2.45, 2.75) is 12.1 Å². The molecule has 0 saturated heterocycles. The van der Waals surface area contributed by atoms with Crippen molar-refractivity contribution in [2.75, 3.05) is 5.75 Å². The van der Waals surface area contributed by atoms with Gasteiger partial charge >= 0.3 is 0 Å². The number of hydrogen-bond donors (Lipinski definition) is 1. The predicted octanol–water partition coefficient (Wildman–Crippen LogP) is 6.53. The molecule has 1 N–H and O–H groups in total. The second-order valence-corrected chi connectivity index (χ2v) is 9.33. The van der Waals surface area contributed by atoms with Gasteiger partial charge in [0.05, 0.1) is 21.5 Å². The Labute approximate surface area is 215 Å². The quantitative estimate of drug-likeness (QED) is 0.168. The summed E-state index contributed by atoms with van der Waals surface area (Å²) in [5, 5.41) is 15.0. The Balaban J connectivity index is 1.51. The largest absolute Gasteiger partial charge is 0.272 e. The van der Waals surface area contributed by atoms with Crippen LogP contribution < -0.4 is 5.43 Å². The number of aromatic nitrogens is 3. The van der Waals surface area contributed by atoms with E-state index in [4.69, 9.17) is 34.8 Å². The van der Waals surface area contributed by atoms with Crippen LogP contribution in [0.15, 0.2) is 83.1 Å². The van der Waals surface area contributed by atoms with Crippen LogP contribution in [-0.2, 0) is 4.79 Å². The molecule has 4 aromatic rings. The lowest BCUT2D eigenvalue weighted by Crippen LogP contribution is -2.21. The van der Waals surface area contributed by atoms with Crippen molar-refractivity contribution in [1.82, 2.24) is 20.2 Å². The number of amides is 1. The third-order valence-electron chi connectivity index (χ3n) is 4.77. The highest BCUT2D eigenvalue weighted by atomic mass is 35.5. The van der Waals surface area contributed by atoms with Crippen molar-refractivity contribution >= 4 is 58.2 Å². The summed E-state index contributed by atoms with van der Waals surface area (Å²) in [5.41, 5.74) is 5.68. The van der Waals surface area contributed by atoms with Gasteiger partial charge in [0.1, 0.15) is 0 Å². The predicted molar refractivity (Wildman–Crippen MR) is 139 cm³/mol. The van der Waals surface area contributed by atoms with E-state index in [0.717, 1.165) is 16.8 Å². The van der Waals surface area contributed by atoms with Crippen molar-refractivity contribution in [3.8, 4) is 17.1 Å². The highest BCUT2D eigenvalue weighted by Gasteiger charge is 2.17. The first kappa shape index (κ1) is 24.3. The fourth-order valence-electron chi connectivity index (χ4n) is 3.05. The average Bonchev–Trinajstić information content (AvgIpc) is 3.28. The smallest absolute Gasteiger partial charge is 0.250 e. The molecule has 1 heterocycles. The standard InChI is InChI=1S/C24H18Cl3N5OS/c1-15(17-9-12-20(26)21(27)13-17)28-29-22(33)14-34-24-31-30-23(16-7-10-18(25)11-8-16)32(24)19-5-3-2-4-6-19/h2-13H,14H2,1H3,(H,29,33)/b28-15-. The van der Waals surface area contributed by atoms with Gasteiger partial charge in [-0.2, -0.15) is 5.10 Å². The summed E-state index contributed by atoms with van der Waals surface area (Å²) in [4.78, 5) is 12.5. The van der Waals surface area contributed by atoms with E-state index in [0.29, 0.717) is 31.8 Å². The zero-order valence-corrected chi connectivity index (χ0v) is 21.0. The fraction of sp³-hybridized carbons (Fsp3) is 0.0833. The number of nitrogens with zero attached hydrogens (tertiary/aromatic N) is 4. The van der Waals surface area contributed by atoms with Gasteiger partial charge < -0.3 is 0 Å². The summed E-state index contributed by atoms with van der Waals surface area (Å²) in [5.74, 6) is 0.475. The van der Waals surface area contributed by atoms with Gasteiger partial charge in [0.15, 0.2) is 11.0 Å². The number of thioether (sulfide) groups is 1. The van der Waals surface area contributed by atoms with Crippen molar-refractivity contribution in [3.05, 3.63) is 93.4 Å². The molecule has 3 aromatic carbocycles. The molecule has 0 aliphatic heterocycles. The van der Waals surface area contributed by atoms with Crippen LogP contribution in [0.4, 0.5) is 0 Å². The molecule has 0 aliphatic rings. The number of carbonyl (C=O) groups excluding carboxylic acids is 1. The Bertz CT molecular complexity index is 1340. The lowest BCUT2D eigenvalue weighted by molar-refractivity contribution is -0.118. The van der Waals surface area contributed by atoms with Crippen LogP contribution in [0.5, 0.6) is 0 Å². The first-order valence-corrected chi connectivity index (χ1v) is 12.2. The van der Waals surface area contributed by atoms with Crippen LogP contribution in [0.25, 0.3) is 17.1 Å². The van der Waals surface area contributed by atoms with Crippen molar-refractivity contribution in [2.24, 2.45) is 5.10 Å². The van der Waals surface area contributed by atoms with E-state index in [-0.39, 0.29) is 11.7 Å². The summed E-state index contributed by atoms with van der Waals surface area (Å²) >= 11 is 19.3. The number of carbonyl (C=O) groups is 1. The number of halogens is 3. The van der Waals surface area contributed by atoms with E-state index in [1.165, 1.54) is 11.8 Å². The maximum atomic E-state index is 12.5. The average molecular weight is 531 g/mol. The summed E-state index contributed by atoms with van der Waals surface area (Å²) < 4.78 is 1.91. The third-order valence-corrected chi connectivity index (χ3v) is 6.69. The summed E-state index contributed by atoms with van der Waals surface area (Å²) in [6.45, 7) is 1.78. The highest BCUT2D eigenvalue weighted by molar-refractivity contribution is 7.99. The summed E-state index contributed by atoms with van der Waals surface area (Å²) in [7, 11) is 0. The molecule has 0 bridgehead atoms. The molecular weight excluding hydrogens is 513 g/mol. The third kappa shape index (κ3) is 5.80. The Morgan fingerprint density at radius 1 is 0.971 bits per heavy atom. The molecule has 0 saturated carbocycles. The minimum atomic E-state index is -0.278. The van der Waals surface area contributed by atoms with E-state index in [1.807, 2.05) is 47.0 Å². The van der Waals surface area contributed by atoms with Crippen LogP contribution in [0.2, 0.25) is 15.1 Å². The van der Waals surface area contributed by atoms with Crippen molar-refractivity contribution in [3.63, 3.8) is 0 Å². The molecular formula is C24H18Cl3N5OS. The van der Waals surface area contributed by atoms with Gasteiger partial charge in [-0.3, -0.25) is 9.36 Å². The van der Waals surface area contributed by atoms with Crippen LogP contribution in [-0.4, -0.2) is 32.1 Å². The Hall–Kier alpha value is -2.84. The molecule has 1 amide bonds. The van der Waals surface area contributed by atoms with Crippen molar-refractivity contribution in [1.29, 1.82) is 0 Å². The van der Waals surface area contributed by atoms with Crippen LogP contribution in [0, 0.1) is 0 Å². The topological polar surface area (TPSA) is 72.2 Å². The molecule has 0 unspecified atom stereocenters. The summed E-state index contributed by atoms with van der Waals surface area (Å²) in [6.07, 6.45) is 0. The Morgan fingerprint density at radius 2 is 1.71 bits per heavy atom. The zero-order chi connectivity index (χ0) is 24.1. The SMILES string of the molecule is C/C(=N/NC(=O)CSc1nnc(-c2ccc(Cl)cc2)n1-c1ccccc1)c1ccc(Cl)c(Cl)c1. The van der Waals surface area contributed by atoms with Gasteiger partial charge in [0, 0.05) is 16.3 Å². The Kier molecular flexibility index (Phi) is 7.90. The molecule has 4 rings (SSSR count). The number of para-hydroxylation sites is 1. The minimum Gasteiger partial charge on any atom is -0.272 e. The lowest BCUT2D eigenvalue weighted by Gasteiger charge is -2.10. The molecule has 0 fully saturated rings. The molecule has 6 nitrogen and oxygen atoms in total. The van der Waals surface area contributed by atoms with Crippen LogP contribution in [0.3, 0.4) is 0 Å². The fourth-order valence-corrected chi connectivity index (χ4v) is 4.22. The monoisotopic (exact) mass is 529 g/mol. The normalized spacial score (nSPS) is 11.5. The zero-order valence-electron chi connectivity index (χ0n) is 17.9.